The lowest BCUT2D eigenvalue weighted by atomic mass is 9.93. The van der Waals surface area contributed by atoms with E-state index in [-0.39, 0.29) is 29.6 Å². The molecule has 1 aromatic carbocycles. The predicted octanol–water partition coefficient (Wildman–Crippen LogP) is 5.93. The molecule has 11 heteroatoms. The van der Waals surface area contributed by atoms with Crippen molar-refractivity contribution in [3.63, 3.8) is 0 Å². The van der Waals surface area contributed by atoms with Gasteiger partial charge in [-0.15, -0.1) is 0 Å². The van der Waals surface area contributed by atoms with Crippen molar-refractivity contribution in [3.05, 3.63) is 88.6 Å². The van der Waals surface area contributed by atoms with Gasteiger partial charge in [0.15, 0.2) is 0 Å². The largest absolute Gasteiger partial charge is 0.382 e. The SMILES string of the molecule is C=C(CC(F)/C(=C\C)NS(=O)(=O)Cc1ccccc1Cl)c1nc(C(C)C)n(C(=C)C2=CCC(NC)CC2)c1/C(N)=N\C. The first kappa shape index (κ1) is 33.3. The Morgan fingerprint density at radius 1 is 1.33 bits per heavy atom. The standard InChI is InChI=1S/C31H42ClFN6O2S/c1-8-27(38-42(40,41)18-23-11-9-10-12-25(23)32)26(33)17-20(4)28-29(30(34)36-7)39(31(37-28)19(2)3)21(5)22-13-15-24(35-6)16-14-22/h8-13,19,24,26,35,38H,4-5,14-18H2,1-3,6-7H3,(H2,34,36)/b27-8+. The average Bonchev–Trinajstić information content (AvgIpc) is 3.37. The predicted molar refractivity (Wildman–Crippen MR) is 173 cm³/mol. The van der Waals surface area contributed by atoms with E-state index in [9.17, 15) is 8.42 Å². The topological polar surface area (TPSA) is 114 Å². The van der Waals surface area contributed by atoms with Crippen LogP contribution in [0.1, 0.15) is 75.1 Å². The zero-order chi connectivity index (χ0) is 31.2. The van der Waals surface area contributed by atoms with E-state index in [0.717, 1.165) is 30.5 Å². The number of nitrogens with one attached hydrogen (secondary N) is 2. The van der Waals surface area contributed by atoms with Gasteiger partial charge in [0.1, 0.15) is 23.5 Å². The minimum Gasteiger partial charge on any atom is -0.382 e. The summed E-state index contributed by atoms with van der Waals surface area (Å²) in [5, 5.41) is 3.64. The third-order valence-electron chi connectivity index (χ3n) is 7.35. The van der Waals surface area contributed by atoms with Gasteiger partial charge in [-0.25, -0.2) is 17.8 Å². The number of nitrogens with zero attached hydrogens (tertiary/aromatic N) is 3. The second-order valence-corrected chi connectivity index (χ2v) is 12.8. The highest BCUT2D eigenvalue weighted by atomic mass is 35.5. The summed E-state index contributed by atoms with van der Waals surface area (Å²) in [5.41, 5.74) is 9.84. The number of aromatic nitrogens is 2. The van der Waals surface area contributed by atoms with Gasteiger partial charge in [0.25, 0.3) is 0 Å². The van der Waals surface area contributed by atoms with Gasteiger partial charge in [-0.1, -0.05) is 69.0 Å². The normalized spacial score (nSPS) is 17.2. The minimum absolute atomic E-state index is 0.00940. The summed E-state index contributed by atoms with van der Waals surface area (Å²) >= 11 is 6.14. The summed E-state index contributed by atoms with van der Waals surface area (Å²) in [7, 11) is -0.396. The summed E-state index contributed by atoms with van der Waals surface area (Å²) < 4.78 is 45.8. The highest BCUT2D eigenvalue weighted by molar-refractivity contribution is 7.88. The van der Waals surface area contributed by atoms with E-state index >= 15 is 4.39 Å². The molecular weight excluding hydrogens is 575 g/mol. The number of rotatable bonds is 13. The van der Waals surface area contributed by atoms with Gasteiger partial charge in [0.2, 0.25) is 10.0 Å². The molecule has 2 atom stereocenters. The molecule has 0 saturated carbocycles. The quantitative estimate of drug-likeness (QED) is 0.191. The molecule has 1 aliphatic carbocycles. The van der Waals surface area contributed by atoms with E-state index in [1.807, 2.05) is 25.5 Å². The molecule has 0 saturated heterocycles. The van der Waals surface area contributed by atoms with Gasteiger partial charge in [-0.3, -0.25) is 14.3 Å². The summed E-state index contributed by atoms with van der Waals surface area (Å²) in [4.78, 5) is 9.09. The van der Waals surface area contributed by atoms with Gasteiger partial charge in [-0.2, -0.15) is 0 Å². The number of alkyl halides is 1. The summed E-state index contributed by atoms with van der Waals surface area (Å²) in [6, 6.07) is 7.04. The van der Waals surface area contributed by atoms with Crippen LogP contribution in [0, 0.1) is 0 Å². The summed E-state index contributed by atoms with van der Waals surface area (Å²) in [5.74, 6) is 0.528. The molecule has 0 spiro atoms. The van der Waals surface area contributed by atoms with Gasteiger partial charge in [0.05, 0.1) is 17.1 Å². The maximum absolute atomic E-state index is 15.7. The second kappa shape index (κ2) is 14.3. The average molecular weight is 617 g/mol. The number of hydrogen-bond acceptors (Lipinski definition) is 5. The molecule has 1 heterocycles. The zero-order valence-electron chi connectivity index (χ0n) is 25.0. The lowest BCUT2D eigenvalue weighted by Gasteiger charge is -2.25. The molecule has 8 nitrogen and oxygen atoms in total. The monoisotopic (exact) mass is 616 g/mol. The number of amidine groups is 1. The van der Waals surface area contributed by atoms with Crippen molar-refractivity contribution in [1.82, 2.24) is 19.6 Å². The summed E-state index contributed by atoms with van der Waals surface area (Å²) in [6.07, 6.45) is 4.35. The molecule has 228 valence electrons. The van der Waals surface area contributed by atoms with Crippen LogP contribution in [0.4, 0.5) is 4.39 Å². The Hall–Kier alpha value is -3.21. The van der Waals surface area contributed by atoms with Crippen molar-refractivity contribution >= 4 is 38.7 Å². The Bertz CT molecular complexity index is 1520. The minimum atomic E-state index is -3.94. The van der Waals surface area contributed by atoms with E-state index in [4.69, 9.17) is 22.3 Å². The number of allylic oxidation sites excluding steroid dienone is 5. The molecule has 1 aliphatic rings. The van der Waals surface area contributed by atoms with Crippen molar-refractivity contribution in [2.75, 3.05) is 14.1 Å². The molecule has 0 bridgehead atoms. The highest BCUT2D eigenvalue weighted by Crippen LogP contribution is 2.34. The molecule has 0 amide bonds. The Balaban J connectivity index is 1.92. The molecule has 2 aromatic rings. The molecule has 1 aromatic heterocycles. The molecule has 4 N–H and O–H groups in total. The lowest BCUT2D eigenvalue weighted by Crippen LogP contribution is -2.29. The first-order valence-corrected chi connectivity index (χ1v) is 16.0. The lowest BCUT2D eigenvalue weighted by molar-refractivity contribution is 0.379. The smallest absolute Gasteiger partial charge is 0.236 e. The first-order valence-electron chi connectivity index (χ1n) is 14.0. The van der Waals surface area contributed by atoms with Crippen LogP contribution in [0.15, 0.2) is 65.8 Å². The molecule has 2 unspecified atom stereocenters. The summed E-state index contributed by atoms with van der Waals surface area (Å²) in [6.45, 7) is 14.1. The van der Waals surface area contributed by atoms with Crippen LogP contribution in [0.5, 0.6) is 0 Å². The van der Waals surface area contributed by atoms with Gasteiger partial charge in [-0.05, 0) is 56.0 Å². The number of sulfonamides is 1. The van der Waals surface area contributed by atoms with Crippen LogP contribution in [0.3, 0.4) is 0 Å². The van der Waals surface area contributed by atoms with Crippen molar-refractivity contribution in [2.45, 2.75) is 70.3 Å². The van der Waals surface area contributed by atoms with E-state index in [0.29, 0.717) is 39.4 Å². The molecule has 0 fully saturated rings. The number of benzene rings is 1. The van der Waals surface area contributed by atoms with Gasteiger partial charge in [0, 0.05) is 36.1 Å². The molecule has 0 radical (unpaired) electrons. The van der Waals surface area contributed by atoms with Crippen LogP contribution >= 0.6 is 11.6 Å². The first-order chi connectivity index (χ1) is 19.8. The molecule has 3 rings (SSSR count). The van der Waals surface area contributed by atoms with Gasteiger partial charge >= 0.3 is 0 Å². The second-order valence-electron chi connectivity index (χ2n) is 10.7. The Labute approximate surface area is 254 Å². The number of halogens is 2. The van der Waals surface area contributed by atoms with Crippen molar-refractivity contribution in [1.29, 1.82) is 0 Å². The van der Waals surface area contributed by atoms with Crippen LogP contribution in [-0.2, 0) is 15.8 Å². The van der Waals surface area contributed by atoms with Crippen molar-refractivity contribution < 1.29 is 12.8 Å². The number of imidazole rings is 1. The zero-order valence-corrected chi connectivity index (χ0v) is 26.6. The maximum atomic E-state index is 15.7. The molecule has 42 heavy (non-hydrogen) atoms. The Morgan fingerprint density at radius 3 is 2.57 bits per heavy atom. The van der Waals surface area contributed by atoms with Crippen molar-refractivity contribution in [2.24, 2.45) is 10.7 Å². The van der Waals surface area contributed by atoms with Crippen LogP contribution < -0.4 is 15.8 Å². The fraction of sp³-hybridized carbons (Fsp3) is 0.419. The van der Waals surface area contributed by atoms with E-state index in [1.165, 1.54) is 6.08 Å². The third kappa shape index (κ3) is 7.79. The van der Waals surface area contributed by atoms with Crippen molar-refractivity contribution in [3.8, 4) is 0 Å². The van der Waals surface area contributed by atoms with E-state index in [1.54, 1.807) is 38.2 Å². The van der Waals surface area contributed by atoms with E-state index in [2.05, 4.69) is 34.3 Å². The number of hydrogen-bond donors (Lipinski definition) is 3. The number of aliphatic imine (C=N–C) groups is 1. The Morgan fingerprint density at radius 2 is 2.02 bits per heavy atom. The fourth-order valence-electron chi connectivity index (χ4n) is 4.95. The Kier molecular flexibility index (Phi) is 11.3. The highest BCUT2D eigenvalue weighted by Gasteiger charge is 2.29. The van der Waals surface area contributed by atoms with Gasteiger partial charge < -0.3 is 11.1 Å². The van der Waals surface area contributed by atoms with Crippen LogP contribution in [0.2, 0.25) is 5.02 Å². The fourth-order valence-corrected chi connectivity index (χ4v) is 6.57. The van der Waals surface area contributed by atoms with Crippen LogP contribution in [-0.4, -0.2) is 50.1 Å². The molecular formula is C31H42ClFN6O2S. The maximum Gasteiger partial charge on any atom is 0.236 e. The molecule has 0 aliphatic heterocycles. The number of nitrogens with two attached hydrogens (primary N) is 1. The third-order valence-corrected chi connectivity index (χ3v) is 8.96. The van der Waals surface area contributed by atoms with Crippen LogP contribution in [0.25, 0.3) is 11.3 Å². The van der Waals surface area contributed by atoms with E-state index < -0.39 is 16.2 Å².